The number of amides is 1. The van der Waals surface area contributed by atoms with Gasteiger partial charge < -0.3 is 14.6 Å². The lowest BCUT2D eigenvalue weighted by atomic mass is 10.0. The zero-order valence-electron chi connectivity index (χ0n) is 12.8. The Hall–Kier alpha value is -2.60. The second-order valence-electron chi connectivity index (χ2n) is 5.56. The molecule has 0 fully saturated rings. The second kappa shape index (κ2) is 5.79. The fourth-order valence-electron chi connectivity index (χ4n) is 2.67. The van der Waals surface area contributed by atoms with Crippen LogP contribution in [-0.4, -0.2) is 11.1 Å². The number of ether oxygens (including phenoxy) is 1. The van der Waals surface area contributed by atoms with Crippen LogP contribution in [0.5, 0.6) is 5.75 Å². The topological polar surface area (TPSA) is 64.4 Å². The molecule has 24 heavy (non-hydrogen) atoms. The molecule has 2 aromatic carbocycles. The molecule has 1 aliphatic rings. The summed E-state index contributed by atoms with van der Waals surface area (Å²) in [6.07, 6.45) is 0. The second-order valence-corrected chi connectivity index (χ2v) is 6.42. The molecule has 3 aromatic rings. The molecule has 120 valence electrons. The molecule has 0 spiro atoms. The molecule has 0 radical (unpaired) electrons. The number of nitrogens with one attached hydrogen (secondary N) is 1. The van der Waals surface area contributed by atoms with Crippen molar-refractivity contribution >= 4 is 27.5 Å². The summed E-state index contributed by atoms with van der Waals surface area (Å²) in [6.45, 7) is 2.24. The summed E-state index contributed by atoms with van der Waals surface area (Å²) in [4.78, 5) is 12.6. The number of anilines is 1. The van der Waals surface area contributed by atoms with E-state index in [-0.39, 0.29) is 18.2 Å². The van der Waals surface area contributed by atoms with Gasteiger partial charge in [-0.15, -0.1) is 0 Å². The van der Waals surface area contributed by atoms with Crippen molar-refractivity contribution in [3.05, 3.63) is 63.8 Å². The largest absolute Gasteiger partial charge is 0.488 e. The number of rotatable bonds is 2. The number of fused-ring (bicyclic) bond motifs is 3. The molecule has 0 saturated heterocycles. The predicted octanol–water partition coefficient (Wildman–Crippen LogP) is 4.56. The normalized spacial score (nSPS) is 12.1. The molecule has 5 nitrogen and oxygen atoms in total. The first kappa shape index (κ1) is 15.0. The quantitative estimate of drug-likeness (QED) is 0.703. The molecule has 2 heterocycles. The first-order chi connectivity index (χ1) is 11.6. The van der Waals surface area contributed by atoms with Gasteiger partial charge in [0.05, 0.1) is 16.8 Å². The van der Waals surface area contributed by atoms with Crippen LogP contribution in [0.4, 0.5) is 5.69 Å². The highest BCUT2D eigenvalue weighted by molar-refractivity contribution is 9.10. The third kappa shape index (κ3) is 2.49. The van der Waals surface area contributed by atoms with E-state index in [0.29, 0.717) is 17.0 Å². The number of carbonyl (C=O) groups is 1. The van der Waals surface area contributed by atoms with E-state index < -0.39 is 0 Å². The number of aromatic nitrogens is 1. The van der Waals surface area contributed by atoms with Gasteiger partial charge in [0.25, 0.3) is 5.91 Å². The molecular formula is C18H13BrN2O3. The number of nitrogens with zero attached hydrogens (tertiary/aromatic N) is 1. The number of hydrogen-bond acceptors (Lipinski definition) is 4. The minimum atomic E-state index is -0.326. The van der Waals surface area contributed by atoms with E-state index >= 15 is 0 Å². The average molecular weight is 385 g/mol. The standard InChI is InChI=1S/C18H13BrN2O3/c1-10-6-7-14(13(19)8-10)20-18(22)16-12-9-23-15-5-3-2-4-11(15)17(12)24-21-16/h2-8H,9H2,1H3,(H,20,22). The Morgan fingerprint density at radius 3 is 2.92 bits per heavy atom. The molecule has 1 aromatic heterocycles. The van der Waals surface area contributed by atoms with Gasteiger partial charge in [-0.3, -0.25) is 4.79 Å². The van der Waals surface area contributed by atoms with E-state index in [1.165, 1.54) is 0 Å². The molecule has 0 saturated carbocycles. The SMILES string of the molecule is Cc1ccc(NC(=O)c2noc3c2COc2ccccc2-3)c(Br)c1. The molecule has 1 N–H and O–H groups in total. The Morgan fingerprint density at radius 2 is 2.08 bits per heavy atom. The first-order valence-corrected chi connectivity index (χ1v) is 8.21. The third-order valence-corrected chi connectivity index (χ3v) is 4.54. The number of benzene rings is 2. The Bertz CT molecular complexity index is 949. The number of para-hydroxylation sites is 1. The molecule has 0 bridgehead atoms. The van der Waals surface area contributed by atoms with Crippen molar-refractivity contribution < 1.29 is 14.1 Å². The predicted molar refractivity (Wildman–Crippen MR) is 93.1 cm³/mol. The highest BCUT2D eigenvalue weighted by Crippen LogP contribution is 2.38. The van der Waals surface area contributed by atoms with Crippen molar-refractivity contribution in [2.75, 3.05) is 5.32 Å². The fraction of sp³-hybridized carbons (Fsp3) is 0.111. The lowest BCUT2D eigenvalue weighted by molar-refractivity contribution is 0.101. The van der Waals surface area contributed by atoms with Gasteiger partial charge in [0.1, 0.15) is 12.4 Å². The molecule has 0 aliphatic carbocycles. The number of aryl methyl sites for hydroxylation is 1. The van der Waals surface area contributed by atoms with E-state index in [1.54, 1.807) is 0 Å². The average Bonchev–Trinajstić information content (AvgIpc) is 3.02. The Labute approximate surface area is 146 Å². The van der Waals surface area contributed by atoms with Crippen molar-refractivity contribution in [1.29, 1.82) is 0 Å². The summed E-state index contributed by atoms with van der Waals surface area (Å²) < 4.78 is 11.9. The maximum Gasteiger partial charge on any atom is 0.278 e. The maximum atomic E-state index is 12.6. The van der Waals surface area contributed by atoms with Crippen LogP contribution >= 0.6 is 15.9 Å². The molecule has 0 atom stereocenters. The van der Waals surface area contributed by atoms with Gasteiger partial charge in [0.2, 0.25) is 0 Å². The minimum absolute atomic E-state index is 0.243. The molecule has 6 heteroatoms. The lowest BCUT2D eigenvalue weighted by Crippen LogP contribution is -2.16. The molecule has 1 amide bonds. The molecule has 1 aliphatic heterocycles. The number of halogens is 1. The van der Waals surface area contributed by atoms with Gasteiger partial charge in [-0.05, 0) is 52.7 Å². The van der Waals surface area contributed by atoms with Crippen molar-refractivity contribution in [2.24, 2.45) is 0 Å². The maximum absolute atomic E-state index is 12.6. The number of hydrogen-bond donors (Lipinski definition) is 1. The van der Waals surface area contributed by atoms with Crippen molar-refractivity contribution in [2.45, 2.75) is 13.5 Å². The van der Waals surface area contributed by atoms with Crippen LogP contribution in [0.25, 0.3) is 11.3 Å². The van der Waals surface area contributed by atoms with Crippen molar-refractivity contribution in [3.8, 4) is 17.1 Å². The molecular weight excluding hydrogens is 372 g/mol. The van der Waals surface area contributed by atoms with Gasteiger partial charge in [-0.25, -0.2) is 0 Å². The first-order valence-electron chi connectivity index (χ1n) is 7.42. The van der Waals surface area contributed by atoms with Crippen LogP contribution in [0.2, 0.25) is 0 Å². The van der Waals surface area contributed by atoms with Crippen molar-refractivity contribution in [3.63, 3.8) is 0 Å². The van der Waals surface area contributed by atoms with E-state index in [0.717, 1.165) is 21.3 Å². The van der Waals surface area contributed by atoms with Crippen LogP contribution < -0.4 is 10.1 Å². The van der Waals surface area contributed by atoms with Crippen LogP contribution in [0, 0.1) is 6.92 Å². The molecule has 0 unspecified atom stereocenters. The smallest absolute Gasteiger partial charge is 0.278 e. The highest BCUT2D eigenvalue weighted by Gasteiger charge is 2.28. The van der Waals surface area contributed by atoms with Gasteiger partial charge in [0, 0.05) is 4.47 Å². The highest BCUT2D eigenvalue weighted by atomic mass is 79.9. The Morgan fingerprint density at radius 1 is 1.25 bits per heavy atom. The monoisotopic (exact) mass is 384 g/mol. The van der Waals surface area contributed by atoms with Crippen molar-refractivity contribution in [1.82, 2.24) is 5.16 Å². The third-order valence-electron chi connectivity index (χ3n) is 3.88. The molecule has 4 rings (SSSR count). The Kier molecular flexibility index (Phi) is 3.61. The summed E-state index contributed by atoms with van der Waals surface area (Å²) in [5.74, 6) is 0.992. The zero-order valence-corrected chi connectivity index (χ0v) is 14.4. The summed E-state index contributed by atoms with van der Waals surface area (Å²) in [5.41, 5.74) is 3.49. The summed E-state index contributed by atoms with van der Waals surface area (Å²) in [7, 11) is 0. The van der Waals surface area contributed by atoms with Crippen LogP contribution in [-0.2, 0) is 6.61 Å². The summed E-state index contributed by atoms with van der Waals surface area (Å²) in [6, 6.07) is 13.2. The van der Waals surface area contributed by atoms with Gasteiger partial charge in [-0.1, -0.05) is 23.4 Å². The number of carbonyl (C=O) groups excluding carboxylic acids is 1. The van der Waals surface area contributed by atoms with Gasteiger partial charge in [0.15, 0.2) is 11.5 Å². The zero-order chi connectivity index (χ0) is 16.7. The summed E-state index contributed by atoms with van der Waals surface area (Å²) >= 11 is 3.45. The van der Waals surface area contributed by atoms with Crippen LogP contribution in [0.15, 0.2) is 51.5 Å². The Balaban J connectivity index is 1.67. The summed E-state index contributed by atoms with van der Waals surface area (Å²) in [5, 5.41) is 6.81. The lowest BCUT2D eigenvalue weighted by Gasteiger charge is -2.16. The van der Waals surface area contributed by atoms with Gasteiger partial charge in [-0.2, -0.15) is 0 Å². The van der Waals surface area contributed by atoms with Crippen LogP contribution in [0.3, 0.4) is 0 Å². The fourth-order valence-corrected chi connectivity index (χ4v) is 3.26. The van der Waals surface area contributed by atoms with E-state index in [2.05, 4.69) is 26.4 Å². The minimum Gasteiger partial charge on any atom is -0.488 e. The van der Waals surface area contributed by atoms with E-state index in [1.807, 2.05) is 49.4 Å². The van der Waals surface area contributed by atoms with E-state index in [4.69, 9.17) is 9.26 Å². The van der Waals surface area contributed by atoms with E-state index in [9.17, 15) is 4.79 Å². The van der Waals surface area contributed by atoms with Gasteiger partial charge >= 0.3 is 0 Å². The van der Waals surface area contributed by atoms with Crippen LogP contribution in [0.1, 0.15) is 21.6 Å².